The van der Waals surface area contributed by atoms with E-state index in [4.69, 9.17) is 0 Å². The number of hydrogen-bond donors (Lipinski definition) is 0. The molecular weight excluding hydrogens is 196 g/mol. The van der Waals surface area contributed by atoms with Gasteiger partial charge in [-0.15, -0.1) is 6.58 Å². The number of ketones is 1. The molecule has 0 bridgehead atoms. The standard InChI is InChI=1S/C15H18O/c1-4-11(2)15(12(3)16)9-13-7-5-6-8-14(13)10-15/h4-8,11H,1,9-10H2,2-3H3. The van der Waals surface area contributed by atoms with E-state index in [1.807, 2.05) is 18.2 Å². The van der Waals surface area contributed by atoms with Crippen LogP contribution in [0.5, 0.6) is 0 Å². The van der Waals surface area contributed by atoms with Crippen LogP contribution in [-0.4, -0.2) is 5.78 Å². The summed E-state index contributed by atoms with van der Waals surface area (Å²) in [5, 5.41) is 0. The van der Waals surface area contributed by atoms with Gasteiger partial charge in [0.05, 0.1) is 0 Å². The minimum atomic E-state index is -0.245. The third-order valence-corrected chi connectivity index (χ3v) is 4.06. The van der Waals surface area contributed by atoms with Gasteiger partial charge in [0, 0.05) is 5.41 Å². The average Bonchev–Trinajstić information content (AvgIpc) is 2.68. The lowest BCUT2D eigenvalue weighted by Crippen LogP contribution is -2.36. The highest BCUT2D eigenvalue weighted by Gasteiger charge is 2.44. The summed E-state index contributed by atoms with van der Waals surface area (Å²) in [4.78, 5) is 12.0. The van der Waals surface area contributed by atoms with Gasteiger partial charge < -0.3 is 0 Å². The van der Waals surface area contributed by atoms with E-state index in [1.165, 1.54) is 11.1 Å². The molecule has 0 spiro atoms. The topological polar surface area (TPSA) is 17.1 Å². The molecule has 16 heavy (non-hydrogen) atoms. The van der Waals surface area contributed by atoms with Gasteiger partial charge in [-0.3, -0.25) is 4.79 Å². The Morgan fingerprint density at radius 1 is 1.38 bits per heavy atom. The van der Waals surface area contributed by atoms with Crippen LogP contribution in [0.1, 0.15) is 25.0 Å². The van der Waals surface area contributed by atoms with Crippen molar-refractivity contribution in [2.24, 2.45) is 11.3 Å². The Morgan fingerprint density at radius 2 is 1.88 bits per heavy atom. The average molecular weight is 214 g/mol. The molecule has 2 rings (SSSR count). The first-order valence-corrected chi connectivity index (χ1v) is 5.80. The fraction of sp³-hybridized carbons (Fsp3) is 0.400. The molecule has 1 atom stereocenters. The summed E-state index contributed by atoms with van der Waals surface area (Å²) in [5.74, 6) is 0.522. The van der Waals surface area contributed by atoms with Crippen LogP contribution in [0.2, 0.25) is 0 Å². The number of carbonyl (C=O) groups is 1. The normalized spacial score (nSPS) is 18.9. The Kier molecular flexibility index (Phi) is 2.71. The molecule has 0 N–H and O–H groups in total. The van der Waals surface area contributed by atoms with Gasteiger partial charge in [0.25, 0.3) is 0 Å². The first kappa shape index (κ1) is 11.1. The fourth-order valence-electron chi connectivity index (χ4n) is 2.76. The molecule has 1 nitrogen and oxygen atoms in total. The summed E-state index contributed by atoms with van der Waals surface area (Å²) >= 11 is 0. The van der Waals surface area contributed by atoms with E-state index in [0.717, 1.165) is 12.8 Å². The van der Waals surface area contributed by atoms with Crippen molar-refractivity contribution in [3.8, 4) is 0 Å². The maximum absolute atomic E-state index is 12.0. The van der Waals surface area contributed by atoms with Gasteiger partial charge >= 0.3 is 0 Å². The lowest BCUT2D eigenvalue weighted by molar-refractivity contribution is -0.127. The zero-order valence-corrected chi connectivity index (χ0v) is 9.99. The van der Waals surface area contributed by atoms with Crippen LogP contribution >= 0.6 is 0 Å². The SMILES string of the molecule is C=CC(C)C1(C(C)=O)Cc2ccccc2C1. The Morgan fingerprint density at radius 3 is 2.25 bits per heavy atom. The summed E-state index contributed by atoms with van der Waals surface area (Å²) in [7, 11) is 0. The predicted molar refractivity (Wildman–Crippen MR) is 66.3 cm³/mol. The van der Waals surface area contributed by atoms with E-state index in [9.17, 15) is 4.79 Å². The number of fused-ring (bicyclic) bond motifs is 1. The van der Waals surface area contributed by atoms with Crippen LogP contribution in [0.15, 0.2) is 36.9 Å². The largest absolute Gasteiger partial charge is 0.299 e. The predicted octanol–water partition coefficient (Wildman–Crippen LogP) is 3.18. The van der Waals surface area contributed by atoms with Crippen LogP contribution < -0.4 is 0 Å². The number of hydrogen-bond acceptors (Lipinski definition) is 1. The highest BCUT2D eigenvalue weighted by Crippen LogP contribution is 2.43. The summed E-state index contributed by atoms with van der Waals surface area (Å²) in [5.41, 5.74) is 2.41. The van der Waals surface area contributed by atoms with Gasteiger partial charge in [0.1, 0.15) is 5.78 Å². The van der Waals surface area contributed by atoms with Crippen LogP contribution in [0.3, 0.4) is 0 Å². The molecule has 1 unspecified atom stereocenters. The summed E-state index contributed by atoms with van der Waals surface area (Å²) < 4.78 is 0. The lowest BCUT2D eigenvalue weighted by Gasteiger charge is -2.30. The number of rotatable bonds is 3. The third kappa shape index (κ3) is 1.51. The zero-order valence-electron chi connectivity index (χ0n) is 9.99. The second-order valence-corrected chi connectivity index (χ2v) is 4.86. The molecule has 0 saturated heterocycles. The Hall–Kier alpha value is -1.37. The second-order valence-electron chi connectivity index (χ2n) is 4.86. The quantitative estimate of drug-likeness (QED) is 0.706. The van der Waals surface area contributed by atoms with Gasteiger partial charge in [-0.05, 0) is 36.8 Å². The minimum absolute atomic E-state index is 0.234. The molecule has 0 amide bonds. The Balaban J connectivity index is 2.42. The smallest absolute Gasteiger partial charge is 0.137 e. The van der Waals surface area contributed by atoms with E-state index < -0.39 is 0 Å². The minimum Gasteiger partial charge on any atom is -0.299 e. The highest BCUT2D eigenvalue weighted by atomic mass is 16.1. The second kappa shape index (κ2) is 3.89. The van der Waals surface area contributed by atoms with Crippen molar-refractivity contribution in [1.82, 2.24) is 0 Å². The van der Waals surface area contributed by atoms with E-state index in [2.05, 4.69) is 25.6 Å². The molecule has 1 heteroatoms. The summed E-state index contributed by atoms with van der Waals surface area (Å²) in [6, 6.07) is 8.37. The first-order valence-electron chi connectivity index (χ1n) is 5.80. The summed E-state index contributed by atoms with van der Waals surface area (Å²) in [6.45, 7) is 7.65. The maximum Gasteiger partial charge on any atom is 0.137 e. The van der Waals surface area contributed by atoms with Crippen molar-refractivity contribution >= 4 is 5.78 Å². The van der Waals surface area contributed by atoms with E-state index in [0.29, 0.717) is 0 Å². The zero-order chi connectivity index (χ0) is 11.8. The van der Waals surface area contributed by atoms with Gasteiger partial charge in [-0.2, -0.15) is 0 Å². The molecule has 1 aromatic carbocycles. The number of carbonyl (C=O) groups excluding carboxylic acids is 1. The van der Waals surface area contributed by atoms with Gasteiger partial charge in [-0.1, -0.05) is 37.3 Å². The van der Waals surface area contributed by atoms with Crippen LogP contribution in [0.4, 0.5) is 0 Å². The van der Waals surface area contributed by atoms with E-state index in [1.54, 1.807) is 6.92 Å². The number of Topliss-reactive ketones (excluding diaryl/α,β-unsaturated/α-hetero) is 1. The number of benzene rings is 1. The van der Waals surface area contributed by atoms with Crippen molar-refractivity contribution in [2.45, 2.75) is 26.7 Å². The molecule has 1 aromatic rings. The van der Waals surface area contributed by atoms with E-state index in [-0.39, 0.29) is 17.1 Å². The molecule has 0 radical (unpaired) electrons. The molecule has 84 valence electrons. The molecular formula is C15H18O. The van der Waals surface area contributed by atoms with Gasteiger partial charge in [0.2, 0.25) is 0 Å². The molecule has 1 aliphatic rings. The molecule has 0 heterocycles. The Labute approximate surface area is 97.2 Å². The molecule has 0 aromatic heterocycles. The van der Waals surface area contributed by atoms with Crippen LogP contribution in [0, 0.1) is 11.3 Å². The maximum atomic E-state index is 12.0. The van der Waals surface area contributed by atoms with Crippen LogP contribution in [-0.2, 0) is 17.6 Å². The molecule has 0 fully saturated rings. The lowest BCUT2D eigenvalue weighted by atomic mass is 9.71. The molecule has 0 aliphatic heterocycles. The molecule has 1 aliphatic carbocycles. The van der Waals surface area contributed by atoms with Gasteiger partial charge in [-0.25, -0.2) is 0 Å². The van der Waals surface area contributed by atoms with Crippen molar-refractivity contribution < 1.29 is 4.79 Å². The van der Waals surface area contributed by atoms with Crippen molar-refractivity contribution in [3.63, 3.8) is 0 Å². The van der Waals surface area contributed by atoms with Crippen molar-refractivity contribution in [3.05, 3.63) is 48.0 Å². The van der Waals surface area contributed by atoms with Crippen molar-refractivity contribution in [1.29, 1.82) is 0 Å². The van der Waals surface area contributed by atoms with Gasteiger partial charge in [0.15, 0.2) is 0 Å². The monoisotopic (exact) mass is 214 g/mol. The first-order chi connectivity index (χ1) is 7.60. The highest BCUT2D eigenvalue weighted by molar-refractivity contribution is 5.84. The molecule has 0 saturated carbocycles. The third-order valence-electron chi connectivity index (χ3n) is 4.06. The fourth-order valence-corrected chi connectivity index (χ4v) is 2.76. The van der Waals surface area contributed by atoms with E-state index >= 15 is 0 Å². The van der Waals surface area contributed by atoms with Crippen molar-refractivity contribution in [2.75, 3.05) is 0 Å². The Bertz CT molecular complexity index is 406. The van der Waals surface area contributed by atoms with Crippen LogP contribution in [0.25, 0.3) is 0 Å². The number of allylic oxidation sites excluding steroid dienone is 1. The summed E-state index contributed by atoms with van der Waals surface area (Å²) in [6.07, 6.45) is 3.64.